The van der Waals surface area contributed by atoms with E-state index in [1.807, 2.05) is 0 Å². The lowest BCUT2D eigenvalue weighted by Gasteiger charge is -2.39. The number of aliphatic hydroxyl groups is 1. The predicted molar refractivity (Wildman–Crippen MR) is 60.3 cm³/mol. The summed E-state index contributed by atoms with van der Waals surface area (Å²) in [5, 5.41) is 10.5. The molecular formula is C13H18FNO. The Labute approximate surface area is 95.5 Å². The van der Waals surface area contributed by atoms with Crippen LogP contribution in [0.15, 0.2) is 18.5 Å². The van der Waals surface area contributed by atoms with E-state index in [-0.39, 0.29) is 5.82 Å². The molecule has 1 aliphatic carbocycles. The molecule has 0 spiro atoms. The molecule has 3 atom stereocenters. The summed E-state index contributed by atoms with van der Waals surface area (Å²) >= 11 is 0. The molecule has 2 rings (SSSR count). The highest BCUT2D eigenvalue weighted by atomic mass is 19.1. The minimum Gasteiger partial charge on any atom is -0.385 e. The molecule has 0 amide bonds. The van der Waals surface area contributed by atoms with Crippen LogP contribution >= 0.6 is 0 Å². The van der Waals surface area contributed by atoms with E-state index in [9.17, 15) is 9.50 Å². The summed E-state index contributed by atoms with van der Waals surface area (Å²) in [5.41, 5.74) is -0.271. The average molecular weight is 223 g/mol. The quantitative estimate of drug-likeness (QED) is 0.794. The van der Waals surface area contributed by atoms with Crippen LogP contribution in [0.3, 0.4) is 0 Å². The highest BCUT2D eigenvalue weighted by Gasteiger charge is 2.37. The summed E-state index contributed by atoms with van der Waals surface area (Å²) in [6, 6.07) is 1.40. The van der Waals surface area contributed by atoms with E-state index in [4.69, 9.17) is 0 Å². The first-order valence-corrected chi connectivity index (χ1v) is 5.85. The van der Waals surface area contributed by atoms with Crippen molar-refractivity contribution in [1.82, 2.24) is 4.98 Å². The number of pyridine rings is 1. The summed E-state index contributed by atoms with van der Waals surface area (Å²) in [6.07, 6.45) is 5.12. The molecule has 1 N–H and O–H groups in total. The number of halogens is 1. The molecule has 1 saturated carbocycles. The standard InChI is InChI=1S/C13H18FNO/c1-9-3-4-13(16,6-10(9)2)11-5-12(14)8-15-7-11/h5,7-10,16H,3-4,6H2,1-2H3. The molecule has 1 aliphatic rings. The Morgan fingerprint density at radius 3 is 2.75 bits per heavy atom. The van der Waals surface area contributed by atoms with Crippen molar-refractivity contribution < 1.29 is 9.50 Å². The third kappa shape index (κ3) is 2.09. The molecule has 3 unspecified atom stereocenters. The van der Waals surface area contributed by atoms with Crippen molar-refractivity contribution in [3.63, 3.8) is 0 Å². The first-order valence-electron chi connectivity index (χ1n) is 5.85. The Morgan fingerprint density at radius 1 is 1.38 bits per heavy atom. The lowest BCUT2D eigenvalue weighted by atomic mass is 9.71. The third-order valence-corrected chi connectivity index (χ3v) is 3.89. The maximum absolute atomic E-state index is 13.1. The molecule has 0 radical (unpaired) electrons. The molecule has 0 aliphatic heterocycles. The summed E-state index contributed by atoms with van der Waals surface area (Å²) in [4.78, 5) is 3.81. The molecule has 0 bridgehead atoms. The fourth-order valence-corrected chi connectivity index (χ4v) is 2.52. The van der Waals surface area contributed by atoms with E-state index in [0.29, 0.717) is 30.2 Å². The number of rotatable bonds is 1. The van der Waals surface area contributed by atoms with Crippen LogP contribution < -0.4 is 0 Å². The Morgan fingerprint density at radius 2 is 2.12 bits per heavy atom. The van der Waals surface area contributed by atoms with Gasteiger partial charge in [0, 0.05) is 11.8 Å². The first kappa shape index (κ1) is 11.5. The molecule has 88 valence electrons. The molecule has 0 saturated heterocycles. The molecule has 3 heteroatoms. The highest BCUT2D eigenvalue weighted by molar-refractivity contribution is 5.20. The summed E-state index contributed by atoms with van der Waals surface area (Å²) < 4.78 is 13.1. The van der Waals surface area contributed by atoms with Crippen molar-refractivity contribution in [2.45, 2.75) is 38.7 Å². The maximum atomic E-state index is 13.1. The molecule has 1 heterocycles. The maximum Gasteiger partial charge on any atom is 0.141 e. The monoisotopic (exact) mass is 223 g/mol. The zero-order valence-corrected chi connectivity index (χ0v) is 9.78. The zero-order valence-electron chi connectivity index (χ0n) is 9.78. The Kier molecular flexibility index (Phi) is 2.98. The van der Waals surface area contributed by atoms with Gasteiger partial charge in [0.15, 0.2) is 0 Å². The summed E-state index contributed by atoms with van der Waals surface area (Å²) in [5.74, 6) is 0.709. The van der Waals surface area contributed by atoms with Crippen LogP contribution in [-0.4, -0.2) is 10.1 Å². The predicted octanol–water partition coefficient (Wildman–Crippen LogP) is 2.86. The van der Waals surface area contributed by atoms with Crippen molar-refractivity contribution in [2.75, 3.05) is 0 Å². The number of hydrogen-bond acceptors (Lipinski definition) is 2. The van der Waals surface area contributed by atoms with Crippen molar-refractivity contribution >= 4 is 0 Å². The molecular weight excluding hydrogens is 205 g/mol. The smallest absolute Gasteiger partial charge is 0.141 e. The normalized spacial score (nSPS) is 35.0. The van der Waals surface area contributed by atoms with E-state index in [2.05, 4.69) is 18.8 Å². The molecule has 16 heavy (non-hydrogen) atoms. The van der Waals surface area contributed by atoms with Gasteiger partial charge in [-0.3, -0.25) is 4.98 Å². The van der Waals surface area contributed by atoms with Crippen LogP contribution in [0.4, 0.5) is 4.39 Å². The van der Waals surface area contributed by atoms with Crippen molar-refractivity contribution in [3.8, 4) is 0 Å². The van der Waals surface area contributed by atoms with Gasteiger partial charge in [0.05, 0.1) is 11.8 Å². The van der Waals surface area contributed by atoms with Gasteiger partial charge in [0.1, 0.15) is 5.82 Å². The van der Waals surface area contributed by atoms with Gasteiger partial charge in [-0.2, -0.15) is 0 Å². The minimum absolute atomic E-state index is 0.378. The van der Waals surface area contributed by atoms with E-state index < -0.39 is 5.60 Å². The third-order valence-electron chi connectivity index (χ3n) is 3.89. The van der Waals surface area contributed by atoms with Crippen LogP contribution in [0.1, 0.15) is 38.7 Å². The summed E-state index contributed by atoms with van der Waals surface area (Å²) in [7, 11) is 0. The molecule has 1 aromatic heterocycles. The number of hydrogen-bond donors (Lipinski definition) is 1. The summed E-state index contributed by atoms with van der Waals surface area (Å²) in [6.45, 7) is 4.34. The van der Waals surface area contributed by atoms with E-state index in [1.54, 1.807) is 6.20 Å². The fraction of sp³-hybridized carbons (Fsp3) is 0.615. The SMILES string of the molecule is CC1CCC(O)(c2cncc(F)c2)CC1C. The molecule has 1 aromatic rings. The largest absolute Gasteiger partial charge is 0.385 e. The fourth-order valence-electron chi connectivity index (χ4n) is 2.52. The van der Waals surface area contributed by atoms with E-state index >= 15 is 0 Å². The Hall–Kier alpha value is -0.960. The molecule has 2 nitrogen and oxygen atoms in total. The van der Waals surface area contributed by atoms with Gasteiger partial charge in [0.2, 0.25) is 0 Å². The Balaban J connectivity index is 2.26. The van der Waals surface area contributed by atoms with Crippen molar-refractivity contribution in [2.24, 2.45) is 11.8 Å². The van der Waals surface area contributed by atoms with Gasteiger partial charge in [-0.1, -0.05) is 13.8 Å². The van der Waals surface area contributed by atoms with E-state index in [0.717, 1.165) is 6.42 Å². The van der Waals surface area contributed by atoms with Crippen molar-refractivity contribution in [3.05, 3.63) is 29.8 Å². The second-order valence-corrected chi connectivity index (χ2v) is 5.12. The minimum atomic E-state index is -0.888. The molecule has 0 aromatic carbocycles. The second kappa shape index (κ2) is 4.13. The average Bonchev–Trinajstić information content (AvgIpc) is 2.24. The van der Waals surface area contributed by atoms with Gasteiger partial charge in [-0.15, -0.1) is 0 Å². The lowest BCUT2D eigenvalue weighted by Crippen LogP contribution is -2.35. The number of aromatic nitrogens is 1. The Bertz CT molecular complexity index is 382. The highest BCUT2D eigenvalue weighted by Crippen LogP contribution is 2.42. The lowest BCUT2D eigenvalue weighted by molar-refractivity contribution is -0.0340. The molecule has 1 fully saturated rings. The van der Waals surface area contributed by atoms with Crippen LogP contribution in [0, 0.1) is 17.7 Å². The van der Waals surface area contributed by atoms with Gasteiger partial charge < -0.3 is 5.11 Å². The topological polar surface area (TPSA) is 33.1 Å². The van der Waals surface area contributed by atoms with Gasteiger partial charge >= 0.3 is 0 Å². The van der Waals surface area contributed by atoms with Crippen molar-refractivity contribution in [1.29, 1.82) is 0 Å². The van der Waals surface area contributed by atoms with Crippen LogP contribution in [0.5, 0.6) is 0 Å². The van der Waals surface area contributed by atoms with Crippen LogP contribution in [-0.2, 0) is 5.60 Å². The van der Waals surface area contributed by atoms with Crippen LogP contribution in [0.2, 0.25) is 0 Å². The first-order chi connectivity index (χ1) is 7.51. The number of nitrogens with zero attached hydrogens (tertiary/aromatic N) is 1. The van der Waals surface area contributed by atoms with Gasteiger partial charge in [0.25, 0.3) is 0 Å². The zero-order chi connectivity index (χ0) is 11.8. The van der Waals surface area contributed by atoms with E-state index in [1.165, 1.54) is 12.3 Å². The van der Waals surface area contributed by atoms with Crippen LogP contribution in [0.25, 0.3) is 0 Å². The van der Waals surface area contributed by atoms with Gasteiger partial charge in [-0.05, 0) is 37.2 Å². The second-order valence-electron chi connectivity index (χ2n) is 5.12. The van der Waals surface area contributed by atoms with Gasteiger partial charge in [-0.25, -0.2) is 4.39 Å².